The summed E-state index contributed by atoms with van der Waals surface area (Å²) in [6, 6.07) is 16.0. The minimum absolute atomic E-state index is 0.140. The standard InChI is InChI=1S/C52H65N7O7/c1-9-43(60)56-24-20-52(30-56)21-25-58(50(52)64)45(32(3)4)47(61)54-41-27-34-14-11-15-35(26-34)36-18-19-42-38(28-36)39(46(57(42)10-2)37-16-12-22-53-44(37)33(5)65-8)29-51(6,7)31-66-49(63)40-17-13-23-59(55-40)48(41)62/h9,11-12,14-16,18-19,22,26,28,32-33,40-41,45,55H,1,10,13,17,20-21,23-25,27,29-31H2,2-8H3,(H,54,61)/t33-,40-,41-,45-,52+/m0/s1. The first-order valence-electron chi connectivity index (χ1n) is 23.6. The number of amides is 4. The molecule has 6 heterocycles. The number of hydrogen-bond donors (Lipinski definition) is 2. The Kier molecular flexibility index (Phi) is 13.3. The van der Waals surface area contributed by atoms with Crippen molar-refractivity contribution in [3.63, 3.8) is 0 Å². The van der Waals surface area contributed by atoms with E-state index in [1.54, 1.807) is 23.1 Å². The van der Waals surface area contributed by atoms with Crippen molar-refractivity contribution >= 4 is 40.5 Å². The van der Waals surface area contributed by atoms with Gasteiger partial charge in [0.2, 0.25) is 17.7 Å². The van der Waals surface area contributed by atoms with Crippen molar-refractivity contribution in [2.45, 2.75) is 111 Å². The molecule has 4 aliphatic heterocycles. The normalized spacial score (nSPS) is 23.3. The fraction of sp³-hybridized carbons (Fsp3) is 0.500. The van der Waals surface area contributed by atoms with Gasteiger partial charge in [0, 0.05) is 74.3 Å². The van der Waals surface area contributed by atoms with Crippen molar-refractivity contribution in [3.05, 3.63) is 90.3 Å². The van der Waals surface area contributed by atoms with Gasteiger partial charge in [-0.25, -0.2) is 5.43 Å². The van der Waals surface area contributed by atoms with Gasteiger partial charge < -0.3 is 29.2 Å². The molecule has 5 atom stereocenters. The average Bonchev–Trinajstić information content (AvgIpc) is 3.99. The molecule has 2 aromatic heterocycles. The number of esters is 1. The van der Waals surface area contributed by atoms with Gasteiger partial charge in [0.1, 0.15) is 18.1 Å². The number of nitrogens with one attached hydrogen (secondary N) is 2. The van der Waals surface area contributed by atoms with Crippen LogP contribution in [0.25, 0.3) is 33.3 Å². The second-order valence-corrected chi connectivity index (χ2v) is 19.8. The Morgan fingerprint density at radius 3 is 2.55 bits per heavy atom. The number of aromatic nitrogens is 2. The summed E-state index contributed by atoms with van der Waals surface area (Å²) in [5, 5.41) is 5.64. The Morgan fingerprint density at radius 1 is 1.03 bits per heavy atom. The van der Waals surface area contributed by atoms with Crippen LogP contribution in [0.4, 0.5) is 0 Å². The zero-order chi connectivity index (χ0) is 47.1. The van der Waals surface area contributed by atoms with E-state index < -0.39 is 40.8 Å². The molecule has 0 radical (unpaired) electrons. The predicted molar refractivity (Wildman–Crippen MR) is 252 cm³/mol. The van der Waals surface area contributed by atoms with Crippen LogP contribution in [0, 0.1) is 16.7 Å². The van der Waals surface area contributed by atoms with Crippen molar-refractivity contribution in [3.8, 4) is 22.4 Å². The monoisotopic (exact) mass is 899 g/mol. The topological polar surface area (TPSA) is 155 Å². The smallest absolute Gasteiger partial charge is 0.324 e. The van der Waals surface area contributed by atoms with Gasteiger partial charge in [0.05, 0.1) is 29.5 Å². The Hall–Kier alpha value is -5.86. The molecule has 4 aromatic rings. The van der Waals surface area contributed by atoms with Crippen LogP contribution in [-0.2, 0) is 52.8 Å². The van der Waals surface area contributed by atoms with Gasteiger partial charge in [-0.15, -0.1) is 0 Å². The quantitative estimate of drug-likeness (QED) is 0.143. The lowest BCUT2D eigenvalue weighted by Crippen LogP contribution is -2.62. The molecule has 4 amide bonds. The minimum atomic E-state index is -1.04. The molecule has 14 heteroatoms. The van der Waals surface area contributed by atoms with E-state index in [2.05, 4.69) is 79.1 Å². The Labute approximate surface area is 388 Å². The maximum absolute atomic E-state index is 14.8. The van der Waals surface area contributed by atoms with E-state index in [1.165, 1.54) is 11.1 Å². The highest BCUT2D eigenvalue weighted by atomic mass is 16.5. The zero-order valence-corrected chi connectivity index (χ0v) is 39.5. The molecule has 4 aliphatic rings. The third-order valence-electron chi connectivity index (χ3n) is 14.3. The number of rotatable bonds is 9. The van der Waals surface area contributed by atoms with Crippen molar-refractivity contribution in [1.82, 2.24) is 35.1 Å². The molecule has 6 bridgehead atoms. The number of fused-ring (bicyclic) bond motifs is 6. The van der Waals surface area contributed by atoms with E-state index >= 15 is 0 Å². The van der Waals surface area contributed by atoms with Crippen molar-refractivity contribution in [1.29, 1.82) is 0 Å². The Bertz CT molecular complexity index is 2550. The number of carbonyl (C=O) groups is 5. The lowest BCUT2D eigenvalue weighted by atomic mass is 9.84. The van der Waals surface area contributed by atoms with Gasteiger partial charge in [-0.1, -0.05) is 64.6 Å². The van der Waals surface area contributed by atoms with Gasteiger partial charge in [0.25, 0.3) is 5.91 Å². The summed E-state index contributed by atoms with van der Waals surface area (Å²) in [7, 11) is 1.69. The number of aryl methyl sites for hydroxylation is 1. The molecule has 350 valence electrons. The number of pyridine rings is 1. The van der Waals surface area contributed by atoms with E-state index in [0.29, 0.717) is 58.3 Å². The third-order valence-corrected chi connectivity index (χ3v) is 14.3. The van der Waals surface area contributed by atoms with Crippen LogP contribution in [0.5, 0.6) is 0 Å². The van der Waals surface area contributed by atoms with Crippen LogP contribution in [0.3, 0.4) is 0 Å². The first-order chi connectivity index (χ1) is 31.6. The second-order valence-electron chi connectivity index (χ2n) is 19.8. The minimum Gasteiger partial charge on any atom is -0.464 e. The maximum atomic E-state index is 14.8. The number of likely N-dealkylation sites (tertiary alicyclic amines) is 2. The molecule has 66 heavy (non-hydrogen) atoms. The van der Waals surface area contributed by atoms with E-state index in [9.17, 15) is 24.0 Å². The number of cyclic esters (lactones) is 1. The Morgan fingerprint density at radius 2 is 1.80 bits per heavy atom. The van der Waals surface area contributed by atoms with Crippen molar-refractivity contribution in [2.24, 2.45) is 16.7 Å². The van der Waals surface area contributed by atoms with Crippen molar-refractivity contribution in [2.75, 3.05) is 39.9 Å². The molecule has 0 unspecified atom stereocenters. The van der Waals surface area contributed by atoms with E-state index in [-0.39, 0.29) is 49.3 Å². The van der Waals surface area contributed by atoms with Gasteiger partial charge in [-0.2, -0.15) is 0 Å². The first-order valence-corrected chi connectivity index (χ1v) is 23.6. The summed E-state index contributed by atoms with van der Waals surface area (Å²) < 4.78 is 14.3. The zero-order valence-electron chi connectivity index (χ0n) is 39.5. The molecular weight excluding hydrogens is 835 g/mol. The second kappa shape index (κ2) is 18.8. The number of carbonyl (C=O) groups excluding carboxylic acids is 5. The SMILES string of the molecule is C=CC(=O)N1CC[C@@]2(CCN([C@H](C(=O)N[C@H]3Cc4cccc(c4)-c4ccc5c(c4)c(c(-c4cccnc4[C@H](C)OC)n5CC)CC(C)(C)COC(=O)[C@@H]4CCCN(N4)C3=O)C(C)C)C2=O)C1. The molecule has 3 saturated heterocycles. The molecule has 1 spiro atoms. The van der Waals surface area contributed by atoms with Crippen LogP contribution < -0.4 is 10.7 Å². The summed E-state index contributed by atoms with van der Waals surface area (Å²) in [5.74, 6) is -1.89. The third kappa shape index (κ3) is 8.89. The number of hydrazine groups is 1. The highest BCUT2D eigenvalue weighted by Crippen LogP contribution is 2.44. The van der Waals surface area contributed by atoms with Crippen LogP contribution >= 0.6 is 0 Å². The van der Waals surface area contributed by atoms with Gasteiger partial charge in [0.15, 0.2) is 0 Å². The summed E-state index contributed by atoms with van der Waals surface area (Å²) in [4.78, 5) is 78.3. The predicted octanol–water partition coefficient (Wildman–Crippen LogP) is 6.41. The highest BCUT2D eigenvalue weighted by molar-refractivity contribution is 5.97. The van der Waals surface area contributed by atoms with E-state index in [1.807, 2.05) is 39.0 Å². The summed E-state index contributed by atoms with van der Waals surface area (Å²) >= 11 is 0. The van der Waals surface area contributed by atoms with E-state index in [0.717, 1.165) is 50.1 Å². The molecule has 3 fully saturated rings. The lowest BCUT2D eigenvalue weighted by molar-refractivity contribution is -0.155. The lowest BCUT2D eigenvalue weighted by Gasteiger charge is -2.37. The molecule has 2 aromatic carbocycles. The van der Waals surface area contributed by atoms with Crippen LogP contribution in [0.2, 0.25) is 0 Å². The number of hydrogen-bond acceptors (Lipinski definition) is 9. The molecule has 0 saturated carbocycles. The summed E-state index contributed by atoms with van der Waals surface area (Å²) in [6.07, 6.45) is 5.64. The van der Waals surface area contributed by atoms with Crippen LogP contribution in [0.1, 0.15) is 90.2 Å². The summed E-state index contributed by atoms with van der Waals surface area (Å²) in [5.41, 5.74) is 9.77. The van der Waals surface area contributed by atoms with Gasteiger partial charge in [-0.3, -0.25) is 34.0 Å². The number of methoxy groups -OCH3 is 1. The Balaban J connectivity index is 1.18. The largest absolute Gasteiger partial charge is 0.464 e. The van der Waals surface area contributed by atoms with Crippen LogP contribution in [-0.4, -0.2) is 112 Å². The van der Waals surface area contributed by atoms with Crippen LogP contribution in [0.15, 0.2) is 73.4 Å². The molecular formula is C52H65N7O7. The number of benzene rings is 2. The number of ether oxygens (including phenoxy) is 2. The average molecular weight is 900 g/mol. The van der Waals surface area contributed by atoms with E-state index in [4.69, 9.17) is 14.5 Å². The summed E-state index contributed by atoms with van der Waals surface area (Å²) in [6.45, 7) is 18.1. The van der Waals surface area contributed by atoms with Gasteiger partial charge >= 0.3 is 5.97 Å². The molecule has 0 aliphatic carbocycles. The number of nitrogens with zero attached hydrogens (tertiary/aromatic N) is 5. The highest BCUT2D eigenvalue weighted by Gasteiger charge is 2.54. The van der Waals surface area contributed by atoms with Gasteiger partial charge in [-0.05, 0) is 104 Å². The molecule has 8 rings (SSSR count). The maximum Gasteiger partial charge on any atom is 0.324 e. The fourth-order valence-electron chi connectivity index (χ4n) is 10.7. The van der Waals surface area contributed by atoms with Crippen molar-refractivity contribution < 1.29 is 33.4 Å². The fourth-order valence-corrected chi connectivity index (χ4v) is 10.7. The molecule has 2 N–H and O–H groups in total. The molecule has 14 nitrogen and oxygen atoms in total. The first kappa shape index (κ1) is 46.7.